The molecule has 1 N–H and O–H groups in total. The van der Waals surface area contributed by atoms with Gasteiger partial charge in [-0.3, -0.25) is 4.79 Å². The molecule has 2 heterocycles. The van der Waals surface area contributed by atoms with Crippen molar-refractivity contribution in [1.82, 2.24) is 14.5 Å². The van der Waals surface area contributed by atoms with E-state index in [0.717, 1.165) is 32.4 Å². The zero-order chi connectivity index (χ0) is 17.4. The fourth-order valence-electron chi connectivity index (χ4n) is 3.67. The van der Waals surface area contributed by atoms with Crippen molar-refractivity contribution in [2.45, 2.75) is 24.2 Å². The SMILES string of the molecule is CNC(=O)c1ccc(S(=O)(=O)N2CCC3(CCN(C)CC3)C2)cc1. The first-order valence-corrected chi connectivity index (χ1v) is 9.81. The molecule has 2 aliphatic heterocycles. The van der Waals surface area contributed by atoms with E-state index in [9.17, 15) is 13.2 Å². The average Bonchev–Trinajstić information content (AvgIpc) is 3.02. The highest BCUT2D eigenvalue weighted by molar-refractivity contribution is 7.89. The van der Waals surface area contributed by atoms with Crippen LogP contribution in [0.1, 0.15) is 29.6 Å². The van der Waals surface area contributed by atoms with Crippen LogP contribution in [0.15, 0.2) is 29.2 Å². The second kappa shape index (κ2) is 6.46. The molecule has 2 fully saturated rings. The summed E-state index contributed by atoms with van der Waals surface area (Å²) < 4.78 is 27.4. The molecule has 2 aliphatic rings. The number of hydrogen-bond donors (Lipinski definition) is 1. The van der Waals surface area contributed by atoms with Crippen LogP contribution in [0.3, 0.4) is 0 Å². The third-order valence-electron chi connectivity index (χ3n) is 5.43. The Kier molecular flexibility index (Phi) is 4.68. The van der Waals surface area contributed by atoms with Crippen molar-refractivity contribution in [2.24, 2.45) is 5.41 Å². The topological polar surface area (TPSA) is 69.7 Å². The number of amides is 1. The Bertz CT molecular complexity index is 707. The van der Waals surface area contributed by atoms with Gasteiger partial charge in [-0.05, 0) is 69.1 Å². The molecule has 1 aromatic carbocycles. The van der Waals surface area contributed by atoms with Gasteiger partial charge in [-0.25, -0.2) is 8.42 Å². The van der Waals surface area contributed by atoms with Gasteiger partial charge >= 0.3 is 0 Å². The number of carbonyl (C=O) groups is 1. The molecule has 0 aromatic heterocycles. The van der Waals surface area contributed by atoms with E-state index in [2.05, 4.69) is 17.3 Å². The normalized spacial score (nSPS) is 21.9. The highest BCUT2D eigenvalue weighted by Gasteiger charge is 2.44. The highest BCUT2D eigenvalue weighted by atomic mass is 32.2. The number of nitrogens with zero attached hydrogens (tertiary/aromatic N) is 2. The average molecular weight is 351 g/mol. The molecule has 7 heteroatoms. The fraction of sp³-hybridized carbons (Fsp3) is 0.588. The standard InChI is InChI=1S/C17H25N3O3S/c1-18-16(21)14-3-5-15(6-4-14)24(22,23)20-12-9-17(13-20)7-10-19(2)11-8-17/h3-6H,7-13H2,1-2H3,(H,18,21). The van der Waals surface area contributed by atoms with E-state index in [1.54, 1.807) is 23.5 Å². The number of nitrogens with one attached hydrogen (secondary N) is 1. The second-order valence-corrected chi connectivity index (χ2v) is 8.93. The molecule has 132 valence electrons. The van der Waals surface area contributed by atoms with Crippen molar-refractivity contribution < 1.29 is 13.2 Å². The minimum absolute atomic E-state index is 0.140. The van der Waals surface area contributed by atoms with Gasteiger partial charge in [0.15, 0.2) is 0 Å². The van der Waals surface area contributed by atoms with Gasteiger partial charge < -0.3 is 10.2 Å². The molecule has 1 spiro atoms. The molecule has 1 aromatic rings. The van der Waals surface area contributed by atoms with Gasteiger partial charge in [0.1, 0.15) is 0 Å². The maximum Gasteiger partial charge on any atom is 0.251 e. The maximum atomic E-state index is 12.9. The number of likely N-dealkylation sites (tertiary alicyclic amines) is 1. The Labute approximate surface area is 143 Å². The zero-order valence-corrected chi connectivity index (χ0v) is 15.1. The van der Waals surface area contributed by atoms with Crippen molar-refractivity contribution >= 4 is 15.9 Å². The Balaban J connectivity index is 1.75. The maximum absolute atomic E-state index is 12.9. The lowest BCUT2D eigenvalue weighted by Crippen LogP contribution is -2.40. The van der Waals surface area contributed by atoms with E-state index < -0.39 is 10.0 Å². The Morgan fingerprint density at radius 2 is 1.67 bits per heavy atom. The first-order chi connectivity index (χ1) is 11.4. The van der Waals surface area contributed by atoms with Crippen LogP contribution in [-0.4, -0.2) is 63.8 Å². The van der Waals surface area contributed by atoms with Crippen LogP contribution >= 0.6 is 0 Å². The van der Waals surface area contributed by atoms with Gasteiger partial charge in [0, 0.05) is 25.7 Å². The third kappa shape index (κ3) is 3.20. The van der Waals surface area contributed by atoms with Gasteiger partial charge in [0.05, 0.1) is 4.90 Å². The minimum Gasteiger partial charge on any atom is -0.355 e. The highest BCUT2D eigenvalue weighted by Crippen LogP contribution is 2.41. The predicted molar refractivity (Wildman–Crippen MR) is 92.4 cm³/mol. The first-order valence-electron chi connectivity index (χ1n) is 8.37. The van der Waals surface area contributed by atoms with Gasteiger partial charge in [-0.2, -0.15) is 4.31 Å². The number of hydrogen-bond acceptors (Lipinski definition) is 4. The number of benzene rings is 1. The largest absolute Gasteiger partial charge is 0.355 e. The first kappa shape index (κ1) is 17.4. The predicted octanol–water partition coefficient (Wildman–Crippen LogP) is 1.15. The van der Waals surface area contributed by atoms with Gasteiger partial charge in [0.2, 0.25) is 10.0 Å². The Hall–Kier alpha value is -1.44. The summed E-state index contributed by atoms with van der Waals surface area (Å²) >= 11 is 0. The van der Waals surface area contributed by atoms with Crippen molar-refractivity contribution in [1.29, 1.82) is 0 Å². The molecule has 1 amide bonds. The monoisotopic (exact) mass is 351 g/mol. The van der Waals surface area contributed by atoms with E-state index in [1.807, 2.05) is 0 Å². The molecule has 0 unspecified atom stereocenters. The molecule has 0 atom stereocenters. The minimum atomic E-state index is -3.49. The van der Waals surface area contributed by atoms with Crippen LogP contribution in [0.4, 0.5) is 0 Å². The van der Waals surface area contributed by atoms with Crippen LogP contribution < -0.4 is 5.32 Å². The number of sulfonamides is 1. The van der Waals surface area contributed by atoms with Crippen molar-refractivity contribution in [3.05, 3.63) is 29.8 Å². The molecule has 0 bridgehead atoms. The van der Waals surface area contributed by atoms with E-state index >= 15 is 0 Å². The molecule has 2 saturated heterocycles. The summed E-state index contributed by atoms with van der Waals surface area (Å²) in [6, 6.07) is 6.18. The van der Waals surface area contributed by atoms with Crippen LogP contribution in [0.25, 0.3) is 0 Å². The molecule has 0 aliphatic carbocycles. The number of piperidine rings is 1. The molecule has 0 saturated carbocycles. The smallest absolute Gasteiger partial charge is 0.251 e. The summed E-state index contributed by atoms with van der Waals surface area (Å²) in [5.41, 5.74) is 0.603. The summed E-state index contributed by atoms with van der Waals surface area (Å²) in [6.07, 6.45) is 3.06. The summed E-state index contributed by atoms with van der Waals surface area (Å²) in [4.78, 5) is 14.2. The molecule has 3 rings (SSSR count). The van der Waals surface area contributed by atoms with Crippen LogP contribution in [0.2, 0.25) is 0 Å². The summed E-state index contributed by atoms with van der Waals surface area (Å²) in [7, 11) is 0.180. The van der Waals surface area contributed by atoms with E-state index in [4.69, 9.17) is 0 Å². The molecular formula is C17H25N3O3S. The lowest BCUT2D eigenvalue weighted by atomic mass is 9.78. The van der Waals surface area contributed by atoms with Crippen molar-refractivity contribution in [2.75, 3.05) is 40.3 Å². The summed E-state index contributed by atoms with van der Waals surface area (Å²) in [5, 5.41) is 2.53. The molecule has 24 heavy (non-hydrogen) atoms. The number of rotatable bonds is 3. The van der Waals surface area contributed by atoms with Crippen LogP contribution in [0.5, 0.6) is 0 Å². The number of carbonyl (C=O) groups excluding carboxylic acids is 1. The van der Waals surface area contributed by atoms with Crippen LogP contribution in [-0.2, 0) is 10.0 Å². The van der Waals surface area contributed by atoms with E-state index in [-0.39, 0.29) is 16.2 Å². The molecule has 0 radical (unpaired) electrons. The Morgan fingerprint density at radius 1 is 1.08 bits per heavy atom. The van der Waals surface area contributed by atoms with Gasteiger partial charge in [0.25, 0.3) is 5.91 Å². The lowest BCUT2D eigenvalue weighted by Gasteiger charge is -2.37. The van der Waals surface area contributed by atoms with Gasteiger partial charge in [-0.15, -0.1) is 0 Å². The zero-order valence-electron chi connectivity index (χ0n) is 14.3. The van der Waals surface area contributed by atoms with E-state index in [1.165, 1.54) is 12.1 Å². The van der Waals surface area contributed by atoms with Crippen molar-refractivity contribution in [3.8, 4) is 0 Å². The fourth-order valence-corrected chi connectivity index (χ4v) is 5.23. The Morgan fingerprint density at radius 3 is 2.25 bits per heavy atom. The third-order valence-corrected chi connectivity index (χ3v) is 7.29. The van der Waals surface area contributed by atoms with Crippen LogP contribution in [0, 0.1) is 5.41 Å². The van der Waals surface area contributed by atoms with Crippen molar-refractivity contribution in [3.63, 3.8) is 0 Å². The lowest BCUT2D eigenvalue weighted by molar-refractivity contribution is 0.0963. The second-order valence-electron chi connectivity index (χ2n) is 7.00. The molecule has 6 nitrogen and oxygen atoms in total. The molecular weight excluding hydrogens is 326 g/mol. The van der Waals surface area contributed by atoms with E-state index in [0.29, 0.717) is 18.7 Å². The van der Waals surface area contributed by atoms with Gasteiger partial charge in [-0.1, -0.05) is 0 Å². The quantitative estimate of drug-likeness (QED) is 0.887. The summed E-state index contributed by atoms with van der Waals surface area (Å²) in [5.74, 6) is -0.217. The summed E-state index contributed by atoms with van der Waals surface area (Å²) in [6.45, 7) is 3.27.